The Kier molecular flexibility index (Phi) is 5.46. The number of rotatable bonds is 5. The summed E-state index contributed by atoms with van der Waals surface area (Å²) in [4.78, 5) is 9.09. The molecule has 162 valence electrons. The van der Waals surface area contributed by atoms with Crippen molar-refractivity contribution >= 4 is 34.7 Å². The summed E-state index contributed by atoms with van der Waals surface area (Å²) in [5.74, 6) is 0.496. The summed E-state index contributed by atoms with van der Waals surface area (Å²) in [6, 6.07) is 10.5. The molecule has 0 fully saturated rings. The molecular weight excluding hydrogens is 429 g/mol. The molecule has 0 atom stereocenters. The van der Waals surface area contributed by atoms with Gasteiger partial charge in [0.05, 0.1) is 6.20 Å². The highest BCUT2D eigenvalue weighted by atomic mass is 35.5. The van der Waals surface area contributed by atoms with Crippen LogP contribution in [0.2, 0.25) is 5.02 Å². The third-order valence-corrected chi connectivity index (χ3v) is 5.50. The lowest BCUT2D eigenvalue weighted by atomic mass is 10.0. The Morgan fingerprint density at radius 1 is 1.06 bits per heavy atom. The van der Waals surface area contributed by atoms with E-state index >= 15 is 0 Å². The van der Waals surface area contributed by atoms with Crippen LogP contribution in [0.5, 0.6) is 0 Å². The van der Waals surface area contributed by atoms with E-state index in [0.717, 1.165) is 36.3 Å². The fourth-order valence-corrected chi connectivity index (χ4v) is 3.98. The molecule has 4 aromatic rings. The van der Waals surface area contributed by atoms with Crippen LogP contribution in [-0.4, -0.2) is 26.3 Å². The Hall–Kier alpha value is -3.49. The molecule has 0 saturated carbocycles. The molecule has 0 radical (unpaired) electrons. The molecule has 0 spiro atoms. The number of anilines is 4. The van der Waals surface area contributed by atoms with Crippen molar-refractivity contribution in [2.75, 3.05) is 17.2 Å². The summed E-state index contributed by atoms with van der Waals surface area (Å²) >= 11 is 5.97. The van der Waals surface area contributed by atoms with Gasteiger partial charge in [-0.05, 0) is 54.4 Å². The second-order valence-corrected chi connectivity index (χ2v) is 8.11. The van der Waals surface area contributed by atoms with E-state index in [-0.39, 0.29) is 0 Å². The summed E-state index contributed by atoms with van der Waals surface area (Å²) < 4.78 is 15.5. The largest absolute Gasteiger partial charge is 0.340 e. The summed E-state index contributed by atoms with van der Waals surface area (Å²) in [5, 5.41) is 14.4. The van der Waals surface area contributed by atoms with E-state index in [1.165, 1.54) is 23.3 Å². The van der Waals surface area contributed by atoms with Gasteiger partial charge in [-0.2, -0.15) is 10.1 Å². The van der Waals surface area contributed by atoms with Crippen molar-refractivity contribution in [2.45, 2.75) is 13.0 Å². The van der Waals surface area contributed by atoms with Gasteiger partial charge in [-0.1, -0.05) is 17.7 Å². The zero-order valence-electron chi connectivity index (χ0n) is 17.4. The van der Waals surface area contributed by atoms with Crippen molar-refractivity contribution in [1.29, 1.82) is 0 Å². The van der Waals surface area contributed by atoms with Gasteiger partial charge in [0.2, 0.25) is 5.95 Å². The van der Waals surface area contributed by atoms with Crippen LogP contribution in [0, 0.1) is 5.82 Å². The minimum atomic E-state index is -0.437. The molecule has 0 saturated heterocycles. The fraction of sp³-hybridized carbons (Fsp3) is 0.174. The van der Waals surface area contributed by atoms with E-state index in [9.17, 15) is 4.39 Å². The average Bonchev–Trinajstić information content (AvgIpc) is 3.19. The number of halogens is 2. The molecule has 7 nitrogen and oxygen atoms in total. The van der Waals surface area contributed by atoms with Gasteiger partial charge in [0.25, 0.3) is 0 Å². The van der Waals surface area contributed by atoms with Crippen LogP contribution < -0.4 is 16.0 Å². The SMILES string of the molecule is Cn1cc(-c2cnc(Nc3cc(F)cc(Cl)c3)nc2Nc2ccc3c(c2)CNCC3)cn1. The Labute approximate surface area is 189 Å². The lowest BCUT2D eigenvalue weighted by Gasteiger charge is -2.19. The first-order valence-electron chi connectivity index (χ1n) is 10.2. The maximum absolute atomic E-state index is 13.7. The molecule has 1 aliphatic heterocycles. The first kappa shape index (κ1) is 20.4. The van der Waals surface area contributed by atoms with Crippen molar-refractivity contribution in [3.05, 3.63) is 77.0 Å². The molecule has 1 aliphatic rings. The lowest BCUT2D eigenvalue weighted by Crippen LogP contribution is -2.23. The third-order valence-electron chi connectivity index (χ3n) is 5.28. The maximum atomic E-state index is 13.7. The highest BCUT2D eigenvalue weighted by Crippen LogP contribution is 2.31. The maximum Gasteiger partial charge on any atom is 0.229 e. The van der Waals surface area contributed by atoms with E-state index < -0.39 is 5.82 Å². The Morgan fingerprint density at radius 3 is 2.78 bits per heavy atom. The highest BCUT2D eigenvalue weighted by molar-refractivity contribution is 6.30. The summed E-state index contributed by atoms with van der Waals surface area (Å²) in [6.07, 6.45) is 6.41. The number of nitrogens with zero attached hydrogens (tertiary/aromatic N) is 4. The fourth-order valence-electron chi connectivity index (χ4n) is 3.76. The van der Waals surface area contributed by atoms with Crippen LogP contribution in [0.15, 0.2) is 55.0 Å². The van der Waals surface area contributed by atoms with Gasteiger partial charge in [-0.25, -0.2) is 9.37 Å². The van der Waals surface area contributed by atoms with Gasteiger partial charge in [-0.15, -0.1) is 0 Å². The second kappa shape index (κ2) is 8.57. The normalized spacial score (nSPS) is 13.0. The summed E-state index contributed by atoms with van der Waals surface area (Å²) in [6.45, 7) is 1.84. The van der Waals surface area contributed by atoms with Crippen molar-refractivity contribution in [3.8, 4) is 11.1 Å². The zero-order valence-corrected chi connectivity index (χ0v) is 18.1. The molecule has 5 rings (SSSR count). The van der Waals surface area contributed by atoms with E-state index in [0.29, 0.717) is 22.5 Å². The lowest BCUT2D eigenvalue weighted by molar-refractivity contribution is 0.628. The standard InChI is InChI=1S/C23H21ClFN7/c1-32-13-16(11-28-32)21-12-27-23(30-20-8-17(24)7-18(25)9-20)31-22(21)29-19-3-2-14-4-5-26-10-15(14)6-19/h2-3,6-9,11-13,26H,4-5,10H2,1H3,(H2,27,29,30,31). The van der Waals surface area contributed by atoms with Crippen molar-refractivity contribution in [1.82, 2.24) is 25.1 Å². The number of benzene rings is 2. The van der Waals surface area contributed by atoms with Crippen molar-refractivity contribution in [2.24, 2.45) is 7.05 Å². The molecule has 0 aliphatic carbocycles. The Bertz CT molecular complexity index is 1270. The van der Waals surface area contributed by atoms with Crippen LogP contribution in [0.25, 0.3) is 11.1 Å². The Morgan fingerprint density at radius 2 is 1.97 bits per heavy atom. The number of aromatic nitrogens is 4. The molecule has 3 N–H and O–H groups in total. The minimum Gasteiger partial charge on any atom is -0.340 e. The number of hydrogen-bond acceptors (Lipinski definition) is 6. The van der Waals surface area contributed by atoms with Crippen molar-refractivity contribution < 1.29 is 4.39 Å². The van der Waals surface area contributed by atoms with E-state index in [4.69, 9.17) is 11.6 Å². The predicted octanol–water partition coefficient (Wildman–Crippen LogP) is 4.80. The van der Waals surface area contributed by atoms with Gasteiger partial charge in [0.1, 0.15) is 11.6 Å². The number of hydrogen-bond donors (Lipinski definition) is 3. The summed E-state index contributed by atoms with van der Waals surface area (Å²) in [5.41, 5.74) is 5.71. The molecule has 3 heterocycles. The van der Waals surface area contributed by atoms with Crippen LogP contribution in [0.4, 0.5) is 27.5 Å². The molecule has 0 amide bonds. The van der Waals surface area contributed by atoms with Crippen LogP contribution in [0.1, 0.15) is 11.1 Å². The molecular formula is C23H21ClFN7. The first-order chi connectivity index (χ1) is 15.5. The van der Waals surface area contributed by atoms with E-state index in [2.05, 4.69) is 49.2 Å². The van der Waals surface area contributed by atoms with Crippen LogP contribution >= 0.6 is 11.6 Å². The average molecular weight is 450 g/mol. The number of nitrogens with one attached hydrogen (secondary N) is 3. The molecule has 0 unspecified atom stereocenters. The molecule has 32 heavy (non-hydrogen) atoms. The smallest absolute Gasteiger partial charge is 0.229 e. The third kappa shape index (κ3) is 4.42. The number of fused-ring (bicyclic) bond motifs is 1. The van der Waals surface area contributed by atoms with Crippen molar-refractivity contribution in [3.63, 3.8) is 0 Å². The molecule has 2 aromatic carbocycles. The summed E-state index contributed by atoms with van der Waals surface area (Å²) in [7, 11) is 1.86. The van der Waals surface area contributed by atoms with Gasteiger partial charge < -0.3 is 16.0 Å². The van der Waals surface area contributed by atoms with E-state index in [1.807, 2.05) is 13.2 Å². The minimum absolute atomic E-state index is 0.292. The topological polar surface area (TPSA) is 79.7 Å². The van der Waals surface area contributed by atoms with Gasteiger partial charge in [-0.3, -0.25) is 4.68 Å². The van der Waals surface area contributed by atoms with Crippen LogP contribution in [0.3, 0.4) is 0 Å². The molecule has 2 aromatic heterocycles. The second-order valence-electron chi connectivity index (χ2n) is 7.68. The number of aryl methyl sites for hydroxylation is 1. The Balaban J connectivity index is 1.51. The molecule has 0 bridgehead atoms. The van der Waals surface area contributed by atoms with Gasteiger partial charge in [0, 0.05) is 53.5 Å². The van der Waals surface area contributed by atoms with Gasteiger partial charge >= 0.3 is 0 Å². The highest BCUT2D eigenvalue weighted by Gasteiger charge is 2.14. The van der Waals surface area contributed by atoms with Gasteiger partial charge in [0.15, 0.2) is 0 Å². The first-order valence-corrected chi connectivity index (χ1v) is 10.6. The zero-order chi connectivity index (χ0) is 22.1. The predicted molar refractivity (Wildman–Crippen MR) is 124 cm³/mol. The monoisotopic (exact) mass is 449 g/mol. The van der Waals surface area contributed by atoms with E-state index in [1.54, 1.807) is 23.1 Å². The quantitative estimate of drug-likeness (QED) is 0.406. The molecule has 9 heteroatoms. The van der Waals surface area contributed by atoms with Crippen LogP contribution in [-0.2, 0) is 20.0 Å².